The Balaban J connectivity index is 0.00000225. The van der Waals surface area contributed by atoms with Gasteiger partial charge in [-0.1, -0.05) is 0 Å². The van der Waals surface area contributed by atoms with Crippen molar-refractivity contribution in [1.82, 2.24) is 4.98 Å². The van der Waals surface area contributed by atoms with Crippen molar-refractivity contribution in [2.24, 2.45) is 0 Å². The van der Waals surface area contributed by atoms with Crippen molar-refractivity contribution in [3.05, 3.63) is 29.4 Å². The first-order chi connectivity index (χ1) is 7.04. The van der Waals surface area contributed by atoms with Crippen LogP contribution in [0.3, 0.4) is 0 Å². The van der Waals surface area contributed by atoms with Gasteiger partial charge in [-0.25, -0.2) is 9.37 Å². The van der Waals surface area contributed by atoms with Crippen molar-refractivity contribution in [3.8, 4) is 0 Å². The zero-order valence-electron chi connectivity index (χ0n) is 8.44. The number of pyridine rings is 1. The SMILES string of the molecule is Cc1cnc(NC(=O)C([NH-])CO)c(F)c1.[Pd]. The second-order valence-electron chi connectivity index (χ2n) is 3.07. The van der Waals surface area contributed by atoms with Gasteiger partial charge in [0.2, 0.25) is 5.91 Å². The van der Waals surface area contributed by atoms with Crippen molar-refractivity contribution >= 4 is 11.7 Å². The fourth-order valence-electron chi connectivity index (χ4n) is 0.912. The Labute approximate surface area is 106 Å². The molecule has 0 aromatic carbocycles. The van der Waals surface area contributed by atoms with Gasteiger partial charge in [-0.15, -0.1) is 0 Å². The van der Waals surface area contributed by atoms with Gasteiger partial charge in [0.25, 0.3) is 0 Å². The molecular formula is C9H11FN3O2Pd-. The van der Waals surface area contributed by atoms with Crippen LogP contribution in [0.5, 0.6) is 0 Å². The first-order valence-corrected chi connectivity index (χ1v) is 4.29. The van der Waals surface area contributed by atoms with E-state index in [2.05, 4.69) is 10.3 Å². The summed E-state index contributed by atoms with van der Waals surface area (Å²) in [5, 5.41) is 10.6. The molecule has 3 N–H and O–H groups in total. The summed E-state index contributed by atoms with van der Waals surface area (Å²) in [5.74, 6) is -1.67. The molecule has 0 aliphatic heterocycles. The van der Waals surface area contributed by atoms with Crippen molar-refractivity contribution in [2.75, 3.05) is 11.9 Å². The van der Waals surface area contributed by atoms with Crippen LogP contribution in [0.25, 0.3) is 5.73 Å². The average Bonchev–Trinajstić information content (AvgIpc) is 2.20. The number of nitrogens with one attached hydrogen (secondary N) is 2. The molecule has 1 unspecified atom stereocenters. The quantitative estimate of drug-likeness (QED) is 0.811. The van der Waals surface area contributed by atoms with Crippen LogP contribution in [0.2, 0.25) is 0 Å². The number of halogens is 1. The predicted octanol–water partition coefficient (Wildman–Crippen LogP) is 0.878. The maximum absolute atomic E-state index is 13.2. The number of amides is 1. The minimum absolute atomic E-state index is 0. The molecule has 0 aliphatic carbocycles. The topological polar surface area (TPSA) is 86.0 Å². The minimum Gasteiger partial charge on any atom is -0.665 e. The Bertz CT molecular complexity index is 376. The number of carbonyl (C=O) groups excluding carboxylic acids is 1. The molecule has 1 aromatic heterocycles. The van der Waals surface area contributed by atoms with Gasteiger partial charge in [0, 0.05) is 33.2 Å². The van der Waals surface area contributed by atoms with E-state index in [0.717, 1.165) is 0 Å². The molecular weight excluding hydrogens is 308 g/mol. The van der Waals surface area contributed by atoms with E-state index >= 15 is 0 Å². The predicted molar refractivity (Wildman–Crippen MR) is 52.8 cm³/mol. The molecule has 0 fully saturated rings. The number of aromatic nitrogens is 1. The van der Waals surface area contributed by atoms with E-state index in [0.29, 0.717) is 5.56 Å². The number of hydrogen-bond donors (Lipinski definition) is 2. The second kappa shape index (κ2) is 6.66. The third-order valence-corrected chi connectivity index (χ3v) is 1.72. The minimum atomic E-state index is -1.33. The molecule has 0 radical (unpaired) electrons. The Hall–Kier alpha value is -0.868. The van der Waals surface area contributed by atoms with E-state index in [-0.39, 0.29) is 26.2 Å². The van der Waals surface area contributed by atoms with E-state index in [1.165, 1.54) is 12.3 Å². The maximum Gasteiger partial charge on any atom is 0.210 e. The van der Waals surface area contributed by atoms with Crippen LogP contribution < -0.4 is 5.32 Å². The number of carbonyl (C=O) groups is 1. The Kier molecular flexibility index (Phi) is 6.30. The third kappa shape index (κ3) is 3.95. The number of aliphatic hydroxyl groups is 1. The Morgan fingerprint density at radius 2 is 2.38 bits per heavy atom. The van der Waals surface area contributed by atoms with Crippen LogP contribution >= 0.6 is 0 Å². The van der Waals surface area contributed by atoms with Gasteiger partial charge < -0.3 is 16.2 Å². The molecule has 7 heteroatoms. The molecule has 0 saturated carbocycles. The Morgan fingerprint density at radius 3 is 2.88 bits per heavy atom. The van der Waals surface area contributed by atoms with Gasteiger partial charge >= 0.3 is 0 Å². The standard InChI is InChI=1S/C9H11FN3O2.Pd/c1-5-2-6(10)8(12-3-5)13-9(15)7(11)4-14;/h2-3,7,11,14H,4H2,1H3,(H,12,13,15);/q-1;. The molecule has 1 atom stereocenters. The summed E-state index contributed by atoms with van der Waals surface area (Å²) >= 11 is 0. The molecule has 1 heterocycles. The number of rotatable bonds is 3. The molecule has 0 saturated heterocycles. The second-order valence-corrected chi connectivity index (χ2v) is 3.07. The van der Waals surface area contributed by atoms with Gasteiger partial charge in [-0.05, 0) is 24.6 Å². The van der Waals surface area contributed by atoms with E-state index < -0.39 is 24.4 Å². The summed E-state index contributed by atoms with van der Waals surface area (Å²) in [4.78, 5) is 14.8. The first-order valence-electron chi connectivity index (χ1n) is 4.29. The molecule has 0 bridgehead atoms. The van der Waals surface area contributed by atoms with Gasteiger partial charge in [0.05, 0.1) is 0 Å². The molecule has 1 aromatic rings. The van der Waals surface area contributed by atoms with Gasteiger partial charge in [-0.2, -0.15) is 0 Å². The van der Waals surface area contributed by atoms with Crippen molar-refractivity contribution in [3.63, 3.8) is 0 Å². The molecule has 1 rings (SSSR count). The molecule has 1 amide bonds. The van der Waals surface area contributed by atoms with E-state index in [1.54, 1.807) is 6.92 Å². The number of aryl methyl sites for hydroxylation is 1. The maximum atomic E-state index is 13.2. The molecule has 92 valence electrons. The smallest absolute Gasteiger partial charge is 0.210 e. The summed E-state index contributed by atoms with van der Waals surface area (Å²) in [7, 11) is 0. The van der Waals surface area contributed by atoms with Crippen LogP contribution in [-0.4, -0.2) is 28.6 Å². The van der Waals surface area contributed by atoms with Crippen LogP contribution in [0, 0.1) is 12.7 Å². The zero-order valence-corrected chi connectivity index (χ0v) is 9.99. The van der Waals surface area contributed by atoms with Gasteiger partial charge in [-0.3, -0.25) is 4.79 Å². The molecule has 5 nitrogen and oxygen atoms in total. The monoisotopic (exact) mass is 318 g/mol. The fraction of sp³-hybridized carbons (Fsp3) is 0.333. The van der Waals surface area contributed by atoms with Crippen LogP contribution in [0.4, 0.5) is 10.2 Å². The summed E-state index contributed by atoms with van der Waals surface area (Å²) in [6.45, 7) is 1.06. The summed E-state index contributed by atoms with van der Waals surface area (Å²) < 4.78 is 13.2. The molecule has 0 aliphatic rings. The third-order valence-electron chi connectivity index (χ3n) is 1.72. The molecule has 16 heavy (non-hydrogen) atoms. The number of nitrogens with zero attached hydrogens (tertiary/aromatic N) is 1. The largest absolute Gasteiger partial charge is 0.665 e. The fourth-order valence-corrected chi connectivity index (χ4v) is 0.912. The van der Waals surface area contributed by atoms with Crippen LogP contribution in [-0.2, 0) is 25.2 Å². The van der Waals surface area contributed by atoms with Crippen molar-refractivity contribution < 1.29 is 34.7 Å². The van der Waals surface area contributed by atoms with Crippen LogP contribution in [0.15, 0.2) is 12.3 Å². The van der Waals surface area contributed by atoms with Crippen molar-refractivity contribution in [1.29, 1.82) is 0 Å². The normalized spacial score (nSPS) is 11.5. The average molecular weight is 319 g/mol. The van der Waals surface area contributed by atoms with E-state index in [4.69, 9.17) is 10.8 Å². The van der Waals surface area contributed by atoms with E-state index in [1.807, 2.05) is 0 Å². The number of aliphatic hydroxyl groups excluding tert-OH is 1. The Morgan fingerprint density at radius 1 is 1.75 bits per heavy atom. The zero-order chi connectivity index (χ0) is 11.4. The summed E-state index contributed by atoms with van der Waals surface area (Å²) in [6, 6.07) is -0.104. The van der Waals surface area contributed by atoms with E-state index in [9.17, 15) is 9.18 Å². The van der Waals surface area contributed by atoms with Crippen molar-refractivity contribution in [2.45, 2.75) is 13.0 Å². The van der Waals surface area contributed by atoms with Gasteiger partial charge in [0.1, 0.15) is 0 Å². The van der Waals surface area contributed by atoms with Gasteiger partial charge in [0.15, 0.2) is 11.6 Å². The summed E-state index contributed by atoms with van der Waals surface area (Å²) in [6.07, 6.45) is 1.40. The number of hydrogen-bond acceptors (Lipinski definition) is 3. The number of anilines is 1. The summed E-state index contributed by atoms with van der Waals surface area (Å²) in [5.41, 5.74) is 7.71. The molecule has 0 spiro atoms. The van der Waals surface area contributed by atoms with Crippen LogP contribution in [0.1, 0.15) is 5.56 Å². The first kappa shape index (κ1) is 15.1.